The highest BCUT2D eigenvalue weighted by atomic mass is 35.5. The molecule has 3 aromatic rings. The predicted molar refractivity (Wildman–Crippen MR) is 85.6 cm³/mol. The summed E-state index contributed by atoms with van der Waals surface area (Å²) in [6, 6.07) is 5.27. The highest BCUT2D eigenvalue weighted by molar-refractivity contribution is 6.31. The molecule has 6 nitrogen and oxygen atoms in total. The van der Waals surface area contributed by atoms with Gasteiger partial charge in [-0.25, -0.2) is 15.0 Å². The van der Waals surface area contributed by atoms with Crippen LogP contribution in [-0.4, -0.2) is 20.9 Å². The Bertz CT molecular complexity index is 889. The van der Waals surface area contributed by atoms with Crippen molar-refractivity contribution in [1.29, 1.82) is 0 Å². The van der Waals surface area contributed by atoms with Crippen LogP contribution in [0.5, 0.6) is 0 Å². The maximum atomic E-state index is 12.2. The Labute approximate surface area is 136 Å². The van der Waals surface area contributed by atoms with Crippen LogP contribution in [0.2, 0.25) is 5.02 Å². The number of fused-ring (bicyclic) bond motifs is 1. The lowest BCUT2D eigenvalue weighted by molar-refractivity contribution is 0.102. The molecular formula is C16H13ClN4O2. The molecule has 0 unspecified atom stereocenters. The summed E-state index contributed by atoms with van der Waals surface area (Å²) in [5, 5.41) is 4.06. The van der Waals surface area contributed by atoms with Gasteiger partial charge in [0.2, 0.25) is 0 Å². The van der Waals surface area contributed by atoms with Crippen LogP contribution in [0.25, 0.3) is 11.0 Å². The van der Waals surface area contributed by atoms with E-state index in [-0.39, 0.29) is 11.6 Å². The van der Waals surface area contributed by atoms with E-state index in [0.29, 0.717) is 28.3 Å². The quantitative estimate of drug-likeness (QED) is 0.791. The molecule has 3 aromatic heterocycles. The van der Waals surface area contributed by atoms with E-state index in [0.717, 1.165) is 18.2 Å². The molecule has 0 atom stereocenters. The Morgan fingerprint density at radius 3 is 2.96 bits per heavy atom. The number of aromatic nitrogens is 3. The van der Waals surface area contributed by atoms with Crippen molar-refractivity contribution in [3.8, 4) is 0 Å². The summed E-state index contributed by atoms with van der Waals surface area (Å²) >= 11 is 5.89. The van der Waals surface area contributed by atoms with Crippen LogP contribution in [0.3, 0.4) is 0 Å². The molecule has 1 aliphatic carbocycles. The minimum atomic E-state index is -0.347. The van der Waals surface area contributed by atoms with Gasteiger partial charge in [0.1, 0.15) is 12.1 Å². The predicted octanol–water partition coefficient (Wildman–Crippen LogP) is 3.79. The molecule has 23 heavy (non-hydrogen) atoms. The van der Waals surface area contributed by atoms with E-state index in [1.807, 2.05) is 0 Å². The molecular weight excluding hydrogens is 316 g/mol. The molecule has 0 saturated heterocycles. The van der Waals surface area contributed by atoms with Gasteiger partial charge < -0.3 is 9.73 Å². The molecule has 1 aliphatic rings. The van der Waals surface area contributed by atoms with Gasteiger partial charge in [-0.15, -0.1) is 0 Å². The maximum absolute atomic E-state index is 12.2. The zero-order valence-electron chi connectivity index (χ0n) is 12.1. The molecule has 0 aliphatic heterocycles. The third-order valence-electron chi connectivity index (χ3n) is 3.96. The van der Waals surface area contributed by atoms with Gasteiger partial charge in [0.15, 0.2) is 17.2 Å². The molecule has 0 radical (unpaired) electrons. The zero-order valence-corrected chi connectivity index (χ0v) is 12.9. The normalized spacial score (nSPS) is 14.7. The van der Waals surface area contributed by atoms with Gasteiger partial charge in [-0.05, 0) is 31.0 Å². The standard InChI is InChI=1S/C16H13ClN4O2/c17-11-6-10-4-5-13(20-14(10)18-7-11)21-15(22)12-8-23-16(19-12)9-2-1-3-9/h4-9H,1-3H2,(H,18,20,21,22). The monoisotopic (exact) mass is 328 g/mol. The second-order valence-corrected chi connectivity index (χ2v) is 5.99. The Hall–Kier alpha value is -2.47. The van der Waals surface area contributed by atoms with E-state index in [2.05, 4.69) is 20.3 Å². The van der Waals surface area contributed by atoms with Crippen LogP contribution in [0.15, 0.2) is 35.1 Å². The number of halogens is 1. The molecule has 0 bridgehead atoms. The molecule has 1 amide bonds. The van der Waals surface area contributed by atoms with Gasteiger partial charge in [-0.3, -0.25) is 4.79 Å². The van der Waals surface area contributed by atoms with E-state index in [9.17, 15) is 4.79 Å². The van der Waals surface area contributed by atoms with Crippen molar-refractivity contribution in [3.63, 3.8) is 0 Å². The number of carbonyl (C=O) groups is 1. The highest BCUT2D eigenvalue weighted by Crippen LogP contribution is 2.35. The topological polar surface area (TPSA) is 80.9 Å². The first-order chi connectivity index (χ1) is 11.2. The first kappa shape index (κ1) is 14.1. The SMILES string of the molecule is O=C(Nc1ccc2cc(Cl)cnc2n1)c1coc(C2CCC2)n1. The summed E-state index contributed by atoms with van der Waals surface area (Å²) in [4.78, 5) is 24.9. The summed E-state index contributed by atoms with van der Waals surface area (Å²) in [7, 11) is 0. The molecule has 4 rings (SSSR count). The van der Waals surface area contributed by atoms with E-state index in [1.165, 1.54) is 18.9 Å². The third kappa shape index (κ3) is 2.77. The van der Waals surface area contributed by atoms with E-state index < -0.39 is 0 Å². The molecule has 116 valence electrons. The van der Waals surface area contributed by atoms with Crippen LogP contribution < -0.4 is 5.32 Å². The maximum Gasteiger partial charge on any atom is 0.278 e. The summed E-state index contributed by atoms with van der Waals surface area (Å²) in [6.45, 7) is 0. The van der Waals surface area contributed by atoms with Crippen LogP contribution in [0.1, 0.15) is 41.6 Å². The number of hydrogen-bond acceptors (Lipinski definition) is 5. The first-order valence-electron chi connectivity index (χ1n) is 7.38. The smallest absolute Gasteiger partial charge is 0.278 e. The number of nitrogens with zero attached hydrogens (tertiary/aromatic N) is 3. The molecule has 1 fully saturated rings. The van der Waals surface area contributed by atoms with Crippen LogP contribution in [0, 0.1) is 0 Å². The van der Waals surface area contributed by atoms with Gasteiger partial charge >= 0.3 is 0 Å². The van der Waals surface area contributed by atoms with Crippen LogP contribution >= 0.6 is 11.6 Å². The molecule has 0 aromatic carbocycles. The van der Waals surface area contributed by atoms with E-state index in [1.54, 1.807) is 18.2 Å². The Morgan fingerprint density at radius 1 is 1.30 bits per heavy atom. The van der Waals surface area contributed by atoms with E-state index >= 15 is 0 Å². The van der Waals surface area contributed by atoms with Gasteiger partial charge in [-0.2, -0.15) is 0 Å². The van der Waals surface area contributed by atoms with Crippen molar-refractivity contribution in [1.82, 2.24) is 15.0 Å². The van der Waals surface area contributed by atoms with Crippen molar-refractivity contribution in [2.75, 3.05) is 5.32 Å². The first-order valence-corrected chi connectivity index (χ1v) is 7.76. The zero-order chi connectivity index (χ0) is 15.8. The lowest BCUT2D eigenvalue weighted by Crippen LogP contribution is -2.14. The average molecular weight is 329 g/mol. The molecule has 1 saturated carbocycles. The minimum absolute atomic E-state index is 0.262. The number of nitrogens with one attached hydrogen (secondary N) is 1. The highest BCUT2D eigenvalue weighted by Gasteiger charge is 2.25. The van der Waals surface area contributed by atoms with Crippen molar-refractivity contribution >= 4 is 34.4 Å². The van der Waals surface area contributed by atoms with Crippen LogP contribution in [0.4, 0.5) is 5.82 Å². The van der Waals surface area contributed by atoms with Gasteiger partial charge in [0, 0.05) is 17.5 Å². The Kier molecular flexibility index (Phi) is 3.46. The number of oxazole rings is 1. The number of hydrogen-bond donors (Lipinski definition) is 1. The second kappa shape index (κ2) is 5.62. The third-order valence-corrected chi connectivity index (χ3v) is 4.17. The Balaban J connectivity index is 1.53. The van der Waals surface area contributed by atoms with Crippen molar-refractivity contribution in [3.05, 3.63) is 47.3 Å². The molecule has 7 heteroatoms. The number of rotatable bonds is 3. The van der Waals surface area contributed by atoms with Gasteiger partial charge in [0.05, 0.1) is 5.02 Å². The minimum Gasteiger partial charge on any atom is -0.448 e. The number of amides is 1. The number of pyridine rings is 2. The molecule has 1 N–H and O–H groups in total. The van der Waals surface area contributed by atoms with Crippen LogP contribution in [-0.2, 0) is 0 Å². The fourth-order valence-corrected chi connectivity index (χ4v) is 2.63. The fraction of sp³-hybridized carbons (Fsp3) is 0.250. The summed E-state index contributed by atoms with van der Waals surface area (Å²) < 4.78 is 5.39. The lowest BCUT2D eigenvalue weighted by Gasteiger charge is -2.21. The van der Waals surface area contributed by atoms with Crippen molar-refractivity contribution in [2.45, 2.75) is 25.2 Å². The number of anilines is 1. The number of carbonyl (C=O) groups excluding carboxylic acids is 1. The fourth-order valence-electron chi connectivity index (χ4n) is 2.47. The molecule has 0 spiro atoms. The Morgan fingerprint density at radius 2 is 2.17 bits per heavy atom. The van der Waals surface area contributed by atoms with Crippen molar-refractivity contribution in [2.24, 2.45) is 0 Å². The largest absolute Gasteiger partial charge is 0.448 e. The summed E-state index contributed by atoms with van der Waals surface area (Å²) in [6.07, 6.45) is 6.24. The molecule has 3 heterocycles. The lowest BCUT2D eigenvalue weighted by atomic mass is 9.85. The second-order valence-electron chi connectivity index (χ2n) is 5.55. The summed E-state index contributed by atoms with van der Waals surface area (Å²) in [5.41, 5.74) is 0.778. The van der Waals surface area contributed by atoms with Crippen molar-refractivity contribution < 1.29 is 9.21 Å². The van der Waals surface area contributed by atoms with Gasteiger partial charge in [0.25, 0.3) is 5.91 Å². The summed E-state index contributed by atoms with van der Waals surface area (Å²) in [5.74, 6) is 1.05. The van der Waals surface area contributed by atoms with Gasteiger partial charge in [-0.1, -0.05) is 18.0 Å². The van der Waals surface area contributed by atoms with E-state index in [4.69, 9.17) is 16.0 Å². The average Bonchev–Trinajstić information content (AvgIpc) is 2.95.